The first-order valence-electron chi connectivity index (χ1n) is 14.8. The van der Waals surface area contributed by atoms with E-state index in [1.54, 1.807) is 12.4 Å². The monoisotopic (exact) mass is 548 g/mol. The molecule has 2 aromatic heterocycles. The quantitative estimate of drug-likeness (QED) is 0.243. The van der Waals surface area contributed by atoms with Crippen molar-refractivity contribution in [1.29, 1.82) is 0 Å². The number of carbonyl (C=O) groups excluding carboxylic acids is 1. The number of rotatable bonds is 7. The van der Waals surface area contributed by atoms with Crippen LogP contribution in [-0.4, -0.2) is 40.0 Å². The van der Waals surface area contributed by atoms with E-state index in [0.717, 1.165) is 77.8 Å². The Morgan fingerprint density at radius 3 is 2.71 bits per heavy atom. The van der Waals surface area contributed by atoms with Crippen molar-refractivity contribution in [2.75, 3.05) is 23.7 Å². The second-order valence-electron chi connectivity index (χ2n) is 12.0. The van der Waals surface area contributed by atoms with E-state index in [0.29, 0.717) is 23.3 Å². The van der Waals surface area contributed by atoms with Gasteiger partial charge in [0, 0.05) is 47.4 Å². The molecule has 210 valence electrons. The van der Waals surface area contributed by atoms with Gasteiger partial charge < -0.3 is 20.7 Å². The molecule has 1 spiro atoms. The van der Waals surface area contributed by atoms with Crippen LogP contribution in [0.4, 0.5) is 11.6 Å². The highest BCUT2D eigenvalue weighted by Gasteiger charge is 2.50. The van der Waals surface area contributed by atoms with Crippen molar-refractivity contribution >= 4 is 28.3 Å². The summed E-state index contributed by atoms with van der Waals surface area (Å²) in [4.78, 5) is 26.9. The number of aryl methyl sites for hydroxylation is 1. The Morgan fingerprint density at radius 2 is 1.90 bits per heavy atom. The van der Waals surface area contributed by atoms with Crippen molar-refractivity contribution in [3.8, 4) is 22.9 Å². The third-order valence-corrected chi connectivity index (χ3v) is 9.14. The summed E-state index contributed by atoms with van der Waals surface area (Å²) in [7, 11) is 0. The van der Waals surface area contributed by atoms with E-state index < -0.39 is 0 Å². The molecule has 1 aliphatic heterocycles. The molecule has 8 heteroatoms. The lowest BCUT2D eigenvalue weighted by Gasteiger charge is -2.53. The Hall–Kier alpha value is -4.04. The molecule has 7 rings (SSSR count). The molecule has 3 fully saturated rings. The zero-order valence-electron chi connectivity index (χ0n) is 23.5. The molecule has 41 heavy (non-hydrogen) atoms. The van der Waals surface area contributed by atoms with Gasteiger partial charge in [-0.3, -0.25) is 4.79 Å². The highest BCUT2D eigenvalue weighted by Crippen LogP contribution is 2.58. The van der Waals surface area contributed by atoms with Gasteiger partial charge in [0.15, 0.2) is 0 Å². The fourth-order valence-electron chi connectivity index (χ4n) is 6.67. The highest BCUT2D eigenvalue weighted by atomic mass is 16.5. The summed E-state index contributed by atoms with van der Waals surface area (Å²) in [5.74, 6) is 2.03. The summed E-state index contributed by atoms with van der Waals surface area (Å²) in [5.41, 5.74) is 3.79. The number of carbonyl (C=O) groups is 1. The molecule has 2 aliphatic carbocycles. The fourth-order valence-corrected chi connectivity index (χ4v) is 6.67. The van der Waals surface area contributed by atoms with Gasteiger partial charge in [0.2, 0.25) is 17.7 Å². The number of nitrogens with zero attached hydrogens (tertiary/aromatic N) is 3. The zero-order chi connectivity index (χ0) is 27.8. The summed E-state index contributed by atoms with van der Waals surface area (Å²) in [6.07, 6.45) is 11.6. The van der Waals surface area contributed by atoms with Crippen LogP contribution in [0.1, 0.15) is 50.5 Å². The average molecular weight is 549 g/mol. The molecule has 1 saturated heterocycles. The van der Waals surface area contributed by atoms with Crippen LogP contribution in [0.15, 0.2) is 60.9 Å². The van der Waals surface area contributed by atoms with Gasteiger partial charge in [-0.1, -0.05) is 30.7 Å². The standard InChI is InChI=1S/C33H36N6O2/c1-21-10-11-24-25(7-2-9-27(24)38-30(40)22-18-33(19-22)13-5-14-33)29(21)41-31-26(8-4-16-35-31)28-12-17-36-32(39-28)37-23-6-3-15-34-20-23/h2,4,7-12,16-17,22-23,34H,3,5-6,13-15,18-20H2,1H3,(H,38,40)(H,36,37,39)/t23-/m0/s1. The second kappa shape index (κ2) is 10.7. The number of hydrogen-bond donors (Lipinski definition) is 3. The molecule has 2 aromatic carbocycles. The molecule has 3 aliphatic rings. The van der Waals surface area contributed by atoms with Crippen molar-refractivity contribution in [3.63, 3.8) is 0 Å². The highest BCUT2D eigenvalue weighted by molar-refractivity contribution is 6.05. The van der Waals surface area contributed by atoms with Crippen molar-refractivity contribution in [2.24, 2.45) is 11.3 Å². The largest absolute Gasteiger partial charge is 0.437 e. The first kappa shape index (κ1) is 25.9. The van der Waals surface area contributed by atoms with Gasteiger partial charge >= 0.3 is 0 Å². The van der Waals surface area contributed by atoms with E-state index in [-0.39, 0.29) is 11.8 Å². The van der Waals surface area contributed by atoms with Crippen molar-refractivity contribution in [3.05, 3.63) is 66.5 Å². The van der Waals surface area contributed by atoms with E-state index in [1.165, 1.54) is 19.3 Å². The summed E-state index contributed by atoms with van der Waals surface area (Å²) in [6.45, 7) is 3.98. The van der Waals surface area contributed by atoms with Crippen molar-refractivity contribution < 1.29 is 9.53 Å². The minimum absolute atomic E-state index is 0.115. The maximum atomic E-state index is 13.1. The number of pyridine rings is 1. The van der Waals surface area contributed by atoms with E-state index in [2.05, 4.69) is 32.0 Å². The van der Waals surface area contributed by atoms with Crippen molar-refractivity contribution in [1.82, 2.24) is 20.3 Å². The lowest BCUT2D eigenvalue weighted by atomic mass is 9.51. The first-order valence-corrected chi connectivity index (χ1v) is 14.8. The van der Waals surface area contributed by atoms with Crippen molar-refractivity contribution in [2.45, 2.75) is 57.9 Å². The van der Waals surface area contributed by atoms with Crippen LogP contribution < -0.4 is 20.7 Å². The number of fused-ring (bicyclic) bond motifs is 1. The number of amides is 1. The molecule has 3 N–H and O–H groups in total. The van der Waals surface area contributed by atoms with Gasteiger partial charge in [0.1, 0.15) is 5.75 Å². The third kappa shape index (κ3) is 5.12. The molecule has 4 aromatic rings. The van der Waals surface area contributed by atoms with Crippen LogP contribution in [0.25, 0.3) is 22.0 Å². The summed E-state index contributed by atoms with van der Waals surface area (Å²) in [5, 5.41) is 12.0. The lowest BCUT2D eigenvalue weighted by Crippen LogP contribution is -2.47. The van der Waals surface area contributed by atoms with Crippen LogP contribution in [-0.2, 0) is 4.79 Å². The van der Waals surface area contributed by atoms with Gasteiger partial charge in [0.05, 0.1) is 11.3 Å². The van der Waals surface area contributed by atoms with Crippen LogP contribution in [0, 0.1) is 18.3 Å². The minimum Gasteiger partial charge on any atom is -0.437 e. The molecule has 2 saturated carbocycles. The predicted molar refractivity (Wildman–Crippen MR) is 161 cm³/mol. The molecule has 0 unspecified atom stereocenters. The molecule has 8 nitrogen and oxygen atoms in total. The van der Waals surface area contributed by atoms with Crippen LogP contribution >= 0.6 is 0 Å². The number of anilines is 2. The molecule has 0 radical (unpaired) electrons. The van der Waals surface area contributed by atoms with E-state index in [9.17, 15) is 4.79 Å². The molecule has 3 heterocycles. The number of nitrogens with one attached hydrogen (secondary N) is 3. The second-order valence-corrected chi connectivity index (χ2v) is 12.0. The summed E-state index contributed by atoms with van der Waals surface area (Å²) in [6, 6.07) is 16.1. The normalized spacial score (nSPS) is 19.8. The van der Waals surface area contributed by atoms with E-state index >= 15 is 0 Å². The number of aromatic nitrogens is 3. The lowest BCUT2D eigenvalue weighted by molar-refractivity contribution is -0.131. The van der Waals surface area contributed by atoms with Gasteiger partial charge in [-0.15, -0.1) is 0 Å². The SMILES string of the molecule is Cc1ccc2c(NC(=O)C3CC4(CCC4)C3)cccc2c1Oc1ncccc1-c1ccnc(N[C@H]2CCCNC2)n1. The Bertz CT molecular complexity index is 1590. The number of piperidine rings is 1. The number of hydrogen-bond acceptors (Lipinski definition) is 7. The summed E-state index contributed by atoms with van der Waals surface area (Å²) < 4.78 is 6.57. The Labute approximate surface area is 240 Å². The van der Waals surface area contributed by atoms with Gasteiger partial charge in [-0.25, -0.2) is 15.0 Å². The maximum absolute atomic E-state index is 13.1. The van der Waals surface area contributed by atoms with Crippen LogP contribution in [0.5, 0.6) is 11.6 Å². The smallest absolute Gasteiger partial charge is 0.228 e. The van der Waals surface area contributed by atoms with E-state index in [1.807, 2.05) is 49.4 Å². The summed E-state index contributed by atoms with van der Waals surface area (Å²) >= 11 is 0. The minimum atomic E-state index is 0.115. The molecule has 1 atom stereocenters. The molecule has 0 bridgehead atoms. The number of ether oxygens (including phenoxy) is 1. The third-order valence-electron chi connectivity index (χ3n) is 9.14. The molecular weight excluding hydrogens is 512 g/mol. The average Bonchev–Trinajstić information content (AvgIpc) is 2.94. The first-order chi connectivity index (χ1) is 20.1. The maximum Gasteiger partial charge on any atom is 0.228 e. The zero-order valence-corrected chi connectivity index (χ0v) is 23.5. The molecular formula is C33H36N6O2. The fraction of sp³-hybridized carbons (Fsp3) is 0.394. The topological polar surface area (TPSA) is 101 Å². The van der Waals surface area contributed by atoms with Gasteiger partial charge in [0.25, 0.3) is 0 Å². The Morgan fingerprint density at radius 1 is 1.00 bits per heavy atom. The van der Waals surface area contributed by atoms with Gasteiger partial charge in [-0.2, -0.15) is 0 Å². The van der Waals surface area contributed by atoms with Gasteiger partial charge in [-0.05, 0) is 87.2 Å². The molecule has 1 amide bonds. The van der Waals surface area contributed by atoms with E-state index in [4.69, 9.17) is 9.72 Å². The predicted octanol–water partition coefficient (Wildman–Crippen LogP) is 6.48. The van der Waals surface area contributed by atoms with Crippen LogP contribution in [0.3, 0.4) is 0 Å². The Balaban J connectivity index is 1.15. The van der Waals surface area contributed by atoms with Crippen LogP contribution in [0.2, 0.25) is 0 Å². The Kier molecular flexibility index (Phi) is 6.79. The number of benzene rings is 2.